The molecule has 0 aliphatic carbocycles. The molecule has 7 nitrogen and oxygen atoms in total. The second kappa shape index (κ2) is 7.88. The van der Waals surface area contributed by atoms with Crippen molar-refractivity contribution in [1.82, 2.24) is 10.2 Å². The highest BCUT2D eigenvalue weighted by Crippen LogP contribution is 2.11. The number of carboxylic acids is 1. The number of rotatable bonds is 8. The summed E-state index contributed by atoms with van der Waals surface area (Å²) in [7, 11) is 0. The van der Waals surface area contributed by atoms with Gasteiger partial charge in [0.2, 0.25) is 0 Å². The van der Waals surface area contributed by atoms with Crippen LogP contribution in [0, 0.1) is 0 Å². The van der Waals surface area contributed by atoms with Crippen LogP contribution in [0.5, 0.6) is 0 Å². The van der Waals surface area contributed by atoms with E-state index in [9.17, 15) is 9.59 Å². The number of ether oxygens (including phenoxy) is 2. The van der Waals surface area contributed by atoms with Crippen molar-refractivity contribution in [2.45, 2.75) is 19.4 Å². The van der Waals surface area contributed by atoms with E-state index in [0.29, 0.717) is 32.9 Å². The Hall–Kier alpha value is -1.34. The van der Waals surface area contributed by atoms with Gasteiger partial charge in [0, 0.05) is 13.2 Å². The lowest BCUT2D eigenvalue weighted by Gasteiger charge is -2.38. The molecular formula is C11H20N2O5. The highest BCUT2D eigenvalue weighted by atomic mass is 16.5. The summed E-state index contributed by atoms with van der Waals surface area (Å²) in [6, 6.07) is -0.235. The number of nitrogens with one attached hydrogen (secondary N) is 1. The minimum absolute atomic E-state index is 0.0616. The summed E-state index contributed by atoms with van der Waals surface area (Å²) < 4.78 is 10.6. The molecule has 1 aliphatic heterocycles. The molecule has 0 aromatic carbocycles. The Morgan fingerprint density at radius 3 is 2.72 bits per heavy atom. The van der Waals surface area contributed by atoms with Crippen molar-refractivity contribution in [2.75, 3.05) is 39.5 Å². The zero-order chi connectivity index (χ0) is 13.4. The lowest BCUT2D eigenvalue weighted by molar-refractivity contribution is -0.136. The first-order valence-corrected chi connectivity index (χ1v) is 6.07. The summed E-state index contributed by atoms with van der Waals surface area (Å²) in [5, 5.41) is 11.0. The number of urea groups is 1. The number of carboxylic acid groups (broad SMARTS) is 1. The molecule has 0 unspecified atom stereocenters. The van der Waals surface area contributed by atoms with Crippen LogP contribution in [-0.4, -0.2) is 67.6 Å². The van der Waals surface area contributed by atoms with E-state index in [1.165, 1.54) is 0 Å². The normalized spacial score (nSPS) is 15.3. The Kier molecular flexibility index (Phi) is 6.45. The van der Waals surface area contributed by atoms with Gasteiger partial charge in [0.05, 0.1) is 38.8 Å². The maximum Gasteiger partial charge on any atom is 0.317 e. The standard InChI is InChI=1S/C11H20N2O5/c1-2-17-5-6-18-9-7-13(8-9)11(16)12-4-3-10(14)15/h9H,2-8H2,1H3,(H,12,16)(H,14,15). The summed E-state index contributed by atoms with van der Waals surface area (Å²) in [6.45, 7) is 4.94. The molecule has 1 rings (SSSR count). The Balaban J connectivity index is 1.99. The predicted molar refractivity (Wildman–Crippen MR) is 63.5 cm³/mol. The number of hydrogen-bond donors (Lipinski definition) is 2. The molecule has 0 atom stereocenters. The van der Waals surface area contributed by atoms with Crippen molar-refractivity contribution in [3.05, 3.63) is 0 Å². The van der Waals surface area contributed by atoms with E-state index in [0.717, 1.165) is 0 Å². The lowest BCUT2D eigenvalue weighted by atomic mass is 10.2. The van der Waals surface area contributed by atoms with Crippen molar-refractivity contribution >= 4 is 12.0 Å². The van der Waals surface area contributed by atoms with E-state index in [-0.39, 0.29) is 25.1 Å². The molecule has 1 aliphatic rings. The second-order valence-corrected chi connectivity index (χ2v) is 3.97. The van der Waals surface area contributed by atoms with E-state index < -0.39 is 5.97 Å². The maximum atomic E-state index is 11.5. The van der Waals surface area contributed by atoms with Crippen LogP contribution in [-0.2, 0) is 14.3 Å². The maximum absolute atomic E-state index is 11.5. The van der Waals surface area contributed by atoms with Gasteiger partial charge in [0.25, 0.3) is 0 Å². The van der Waals surface area contributed by atoms with Crippen LogP contribution >= 0.6 is 0 Å². The Labute approximate surface area is 106 Å². The lowest BCUT2D eigenvalue weighted by Crippen LogP contribution is -2.58. The average Bonchev–Trinajstić information content (AvgIpc) is 2.25. The molecule has 1 saturated heterocycles. The van der Waals surface area contributed by atoms with Gasteiger partial charge in [-0.1, -0.05) is 0 Å². The van der Waals surface area contributed by atoms with Gasteiger partial charge in [-0.25, -0.2) is 4.79 Å². The second-order valence-electron chi connectivity index (χ2n) is 3.97. The van der Waals surface area contributed by atoms with Crippen molar-refractivity contribution in [2.24, 2.45) is 0 Å². The molecule has 0 aromatic rings. The van der Waals surface area contributed by atoms with Crippen LogP contribution in [0.2, 0.25) is 0 Å². The first kappa shape index (κ1) is 14.7. The van der Waals surface area contributed by atoms with Gasteiger partial charge in [-0.05, 0) is 6.92 Å². The first-order chi connectivity index (χ1) is 8.63. The third kappa shape index (κ3) is 5.33. The molecule has 0 radical (unpaired) electrons. The van der Waals surface area contributed by atoms with Gasteiger partial charge >= 0.3 is 12.0 Å². The van der Waals surface area contributed by atoms with Gasteiger partial charge in [-0.3, -0.25) is 4.79 Å². The van der Waals surface area contributed by atoms with E-state index >= 15 is 0 Å². The fraction of sp³-hybridized carbons (Fsp3) is 0.818. The van der Waals surface area contributed by atoms with Gasteiger partial charge in [0.1, 0.15) is 0 Å². The van der Waals surface area contributed by atoms with E-state index in [4.69, 9.17) is 14.6 Å². The summed E-state index contributed by atoms with van der Waals surface area (Å²) in [4.78, 5) is 23.3. The van der Waals surface area contributed by atoms with Gasteiger partial charge in [-0.15, -0.1) is 0 Å². The Morgan fingerprint density at radius 1 is 1.39 bits per heavy atom. The van der Waals surface area contributed by atoms with Crippen LogP contribution in [0.4, 0.5) is 4.79 Å². The molecule has 1 heterocycles. The number of carbonyl (C=O) groups is 2. The van der Waals surface area contributed by atoms with Gasteiger partial charge in [-0.2, -0.15) is 0 Å². The first-order valence-electron chi connectivity index (χ1n) is 6.07. The summed E-state index contributed by atoms with van der Waals surface area (Å²) in [5.74, 6) is -0.920. The number of aliphatic carboxylic acids is 1. The highest BCUT2D eigenvalue weighted by Gasteiger charge is 2.30. The van der Waals surface area contributed by atoms with Crippen LogP contribution in [0.1, 0.15) is 13.3 Å². The third-order valence-electron chi connectivity index (χ3n) is 2.54. The minimum atomic E-state index is -0.920. The van der Waals surface area contributed by atoms with E-state index in [2.05, 4.69) is 5.32 Å². The summed E-state index contributed by atoms with van der Waals surface area (Å²) in [5.41, 5.74) is 0. The zero-order valence-electron chi connectivity index (χ0n) is 10.6. The molecule has 18 heavy (non-hydrogen) atoms. The largest absolute Gasteiger partial charge is 0.481 e. The van der Waals surface area contributed by atoms with E-state index in [1.807, 2.05) is 6.92 Å². The summed E-state index contributed by atoms with van der Waals surface area (Å²) in [6.07, 6.45) is 0.00380. The van der Waals surface area contributed by atoms with Gasteiger partial charge < -0.3 is 24.8 Å². The molecule has 0 aromatic heterocycles. The topological polar surface area (TPSA) is 88.1 Å². The molecule has 104 valence electrons. The quantitative estimate of drug-likeness (QED) is 0.595. The molecule has 2 amide bonds. The van der Waals surface area contributed by atoms with Crippen molar-refractivity contribution in [3.63, 3.8) is 0 Å². The fourth-order valence-electron chi connectivity index (χ4n) is 1.52. The number of amides is 2. The monoisotopic (exact) mass is 260 g/mol. The fourth-order valence-corrected chi connectivity index (χ4v) is 1.52. The van der Waals surface area contributed by atoms with Crippen LogP contribution in [0.25, 0.3) is 0 Å². The Bertz CT molecular complexity index is 279. The molecule has 0 spiro atoms. The molecule has 0 bridgehead atoms. The third-order valence-corrected chi connectivity index (χ3v) is 2.54. The van der Waals surface area contributed by atoms with E-state index in [1.54, 1.807) is 4.90 Å². The number of nitrogens with zero attached hydrogens (tertiary/aromatic N) is 1. The number of likely N-dealkylation sites (tertiary alicyclic amines) is 1. The molecule has 0 saturated carbocycles. The Morgan fingerprint density at radius 2 is 2.11 bits per heavy atom. The van der Waals surface area contributed by atoms with Crippen molar-refractivity contribution < 1.29 is 24.2 Å². The highest BCUT2D eigenvalue weighted by molar-refractivity contribution is 5.76. The van der Waals surface area contributed by atoms with Crippen molar-refractivity contribution in [3.8, 4) is 0 Å². The molecular weight excluding hydrogens is 240 g/mol. The van der Waals surface area contributed by atoms with Crippen LogP contribution in [0.15, 0.2) is 0 Å². The average molecular weight is 260 g/mol. The number of carbonyl (C=O) groups excluding carboxylic acids is 1. The minimum Gasteiger partial charge on any atom is -0.481 e. The molecule has 1 fully saturated rings. The smallest absolute Gasteiger partial charge is 0.317 e. The predicted octanol–water partition coefficient (Wildman–Crippen LogP) is -0.0920. The molecule has 7 heteroatoms. The van der Waals surface area contributed by atoms with Crippen LogP contribution in [0.3, 0.4) is 0 Å². The SMILES string of the molecule is CCOCCOC1CN(C(=O)NCCC(=O)O)C1. The summed E-state index contributed by atoms with van der Waals surface area (Å²) >= 11 is 0. The van der Waals surface area contributed by atoms with Gasteiger partial charge in [0.15, 0.2) is 0 Å². The number of hydrogen-bond acceptors (Lipinski definition) is 4. The van der Waals surface area contributed by atoms with Crippen molar-refractivity contribution in [1.29, 1.82) is 0 Å². The zero-order valence-corrected chi connectivity index (χ0v) is 10.6. The molecule has 2 N–H and O–H groups in total. The van der Waals surface area contributed by atoms with Crippen LogP contribution < -0.4 is 5.32 Å².